The Labute approximate surface area is 429 Å². The topological polar surface area (TPSA) is 337 Å². The molecule has 3 aliphatic heterocycles. The van der Waals surface area contributed by atoms with Crippen LogP contribution in [0.2, 0.25) is 0 Å². The maximum Gasteiger partial charge on any atom is 0.311 e. The minimum absolute atomic E-state index is 0.121. The Morgan fingerprint density at radius 1 is 0.658 bits per heavy atom. The first-order valence-electron chi connectivity index (χ1n) is 25.5. The van der Waals surface area contributed by atoms with Gasteiger partial charge in [0.1, 0.15) is 18.1 Å². The molecular weight excluding hydrogens is 955 g/mol. The van der Waals surface area contributed by atoms with E-state index < -0.39 is 147 Å². The largest absolute Gasteiger partial charge is 0.481 e. The molecule has 416 valence electrons. The number of allylic oxidation sites excluding steroid dienone is 12. The summed E-state index contributed by atoms with van der Waals surface area (Å²) in [5.41, 5.74) is 0. The van der Waals surface area contributed by atoms with E-state index in [9.17, 15) is 76.0 Å². The molecule has 0 aromatic heterocycles. The molecule has 3 rings (SSSR count). The summed E-state index contributed by atoms with van der Waals surface area (Å²) in [6.07, 6.45) is 3.53. The van der Waals surface area contributed by atoms with Gasteiger partial charge in [0.25, 0.3) is 0 Å². The third kappa shape index (κ3) is 21.9. The number of carboxylic acid groups (broad SMARTS) is 1. The summed E-state index contributed by atoms with van der Waals surface area (Å²) in [6.45, 7) is 6.95. The molecular formula is C53H85NO19. The van der Waals surface area contributed by atoms with Crippen LogP contribution in [-0.2, 0) is 28.5 Å². The second kappa shape index (κ2) is 32.8. The van der Waals surface area contributed by atoms with Gasteiger partial charge in [-0.2, -0.15) is 0 Å². The van der Waals surface area contributed by atoms with Crippen LogP contribution < -0.4 is 0 Å². The van der Waals surface area contributed by atoms with E-state index in [1.807, 2.05) is 13.0 Å². The Morgan fingerprint density at radius 2 is 1.22 bits per heavy atom. The van der Waals surface area contributed by atoms with Gasteiger partial charge in [-0.25, -0.2) is 0 Å². The van der Waals surface area contributed by atoms with Crippen molar-refractivity contribution < 1.29 is 94.9 Å². The molecule has 0 spiro atoms. The highest BCUT2D eigenvalue weighted by atomic mass is 16.7. The number of rotatable bonds is 10. The second-order valence-electron chi connectivity index (χ2n) is 19.7. The fraction of sp³-hybridized carbons (Fsp3) is 0.698. The second-order valence-corrected chi connectivity index (χ2v) is 19.7. The average molecular weight is 1040 g/mol. The van der Waals surface area contributed by atoms with Crippen molar-refractivity contribution in [1.29, 1.82) is 0 Å². The molecule has 2 bridgehead atoms. The monoisotopic (exact) mass is 1040 g/mol. The number of aliphatic carboxylic acids is 1. The molecule has 20 nitrogen and oxygen atoms in total. The molecule has 12 unspecified atom stereocenters. The quantitative estimate of drug-likeness (QED) is 0.135. The Morgan fingerprint density at radius 3 is 1.78 bits per heavy atom. The number of carboxylic acids is 1. The average Bonchev–Trinajstić information content (AvgIpc) is 3.31. The number of carbonyl (C=O) groups is 2. The summed E-state index contributed by atoms with van der Waals surface area (Å²) in [5.74, 6) is -6.95. The number of fused-ring (bicyclic) bond motifs is 2. The van der Waals surface area contributed by atoms with Crippen LogP contribution in [0.15, 0.2) is 85.1 Å². The maximum absolute atomic E-state index is 12.7. The fourth-order valence-corrected chi connectivity index (χ4v) is 9.30. The van der Waals surface area contributed by atoms with E-state index in [2.05, 4.69) is 0 Å². The van der Waals surface area contributed by atoms with Gasteiger partial charge in [-0.1, -0.05) is 98.9 Å². The molecule has 2 fully saturated rings. The van der Waals surface area contributed by atoms with Gasteiger partial charge in [-0.15, -0.1) is 0 Å². The zero-order valence-corrected chi connectivity index (χ0v) is 42.6. The van der Waals surface area contributed by atoms with Crippen molar-refractivity contribution in [3.8, 4) is 0 Å². The smallest absolute Gasteiger partial charge is 0.311 e. The van der Waals surface area contributed by atoms with E-state index in [1.165, 1.54) is 6.08 Å². The SMILES string of the molecule is CC1C(O)[C@@H](C)/C=C/C=C/C=C/C=C/C=C/C=C/C=C/C(O[C@@H]2O[C@H](C)C(O)[C@H](N(CCCO)CCCO)[C@@H]2O)CC2OC(O)(CC(O)CC(O)C(O)CCC(O)CC(O)CC(=O)O[C@H]1C)C[C@H](O)C2C(=O)O. The summed E-state index contributed by atoms with van der Waals surface area (Å²) in [5, 5.41) is 140. The molecule has 0 aromatic rings. The van der Waals surface area contributed by atoms with Crippen LogP contribution in [0.3, 0.4) is 0 Å². The van der Waals surface area contributed by atoms with Crippen molar-refractivity contribution in [3.05, 3.63) is 85.1 Å². The first-order chi connectivity index (χ1) is 34.6. The van der Waals surface area contributed by atoms with Gasteiger partial charge in [0.15, 0.2) is 12.1 Å². The lowest BCUT2D eigenvalue weighted by Gasteiger charge is -2.47. The van der Waals surface area contributed by atoms with Gasteiger partial charge in [0, 0.05) is 63.8 Å². The van der Waals surface area contributed by atoms with Gasteiger partial charge in [0.2, 0.25) is 0 Å². The zero-order valence-electron chi connectivity index (χ0n) is 42.6. The van der Waals surface area contributed by atoms with Crippen LogP contribution in [0.1, 0.15) is 91.9 Å². The van der Waals surface area contributed by atoms with Gasteiger partial charge in [-0.3, -0.25) is 14.5 Å². The van der Waals surface area contributed by atoms with E-state index in [0.29, 0.717) is 12.8 Å². The van der Waals surface area contributed by atoms with E-state index in [4.69, 9.17) is 18.9 Å². The molecule has 19 atom stereocenters. The van der Waals surface area contributed by atoms with E-state index in [1.54, 1.807) is 98.6 Å². The highest BCUT2D eigenvalue weighted by Gasteiger charge is 2.51. The number of carbonyl (C=O) groups excluding carboxylic acids is 1. The zero-order chi connectivity index (χ0) is 54.3. The molecule has 0 aromatic carbocycles. The van der Waals surface area contributed by atoms with Crippen LogP contribution >= 0.6 is 0 Å². The van der Waals surface area contributed by atoms with Crippen molar-refractivity contribution in [2.45, 2.75) is 189 Å². The number of aliphatic hydroxyl groups is 12. The van der Waals surface area contributed by atoms with Crippen molar-refractivity contribution in [2.75, 3.05) is 26.3 Å². The standard InChI is InChI=1S/C53H85NO19/c1-33-19-15-13-11-9-7-5-6-8-10-12-14-16-20-40(72-52-50(66)47(49(65)36(4)71-52)54(23-17-25-55)24-18-26-56)30-44-46(51(67)68)43(62)32-53(69,73-44)31-39(59)28-42(61)41(60)22-21-37(57)27-38(58)29-45(63)70-35(3)34(2)48(33)64/h5-16,19-20,33-44,46-50,52,55-62,64-66,69H,17-18,21-32H2,1-4H3,(H,67,68)/b6-5+,9-7+,10-8+,13-11+,14-12+,19-15+,20-16+/t33-,34?,35-,36+,37?,38?,39?,40?,41?,42?,43-,44?,46?,47-,48?,49?,50-,52-,53?/m0/s1. The lowest BCUT2D eigenvalue weighted by atomic mass is 9.82. The van der Waals surface area contributed by atoms with Crippen molar-refractivity contribution >= 4 is 11.9 Å². The lowest BCUT2D eigenvalue weighted by Crippen LogP contribution is -2.64. The van der Waals surface area contributed by atoms with Crippen LogP contribution in [0.4, 0.5) is 0 Å². The van der Waals surface area contributed by atoms with Crippen molar-refractivity contribution in [2.24, 2.45) is 17.8 Å². The number of esters is 1. The van der Waals surface area contributed by atoms with Crippen LogP contribution in [0, 0.1) is 17.8 Å². The molecule has 3 aliphatic rings. The summed E-state index contributed by atoms with van der Waals surface area (Å²) in [7, 11) is 0. The molecule has 0 amide bonds. The third-order valence-electron chi connectivity index (χ3n) is 13.6. The molecule has 2 saturated heterocycles. The molecule has 0 saturated carbocycles. The summed E-state index contributed by atoms with van der Waals surface area (Å²) < 4.78 is 23.8. The number of aliphatic hydroxyl groups excluding tert-OH is 11. The molecule has 3 heterocycles. The Balaban J connectivity index is 1.94. The Bertz CT molecular complexity index is 1820. The number of hydrogen-bond acceptors (Lipinski definition) is 19. The summed E-state index contributed by atoms with van der Waals surface area (Å²) in [6, 6.07) is -0.979. The minimum atomic E-state index is -2.36. The molecule has 73 heavy (non-hydrogen) atoms. The lowest BCUT2D eigenvalue weighted by molar-refractivity contribution is -0.312. The molecule has 13 N–H and O–H groups in total. The fourth-order valence-electron chi connectivity index (χ4n) is 9.30. The van der Waals surface area contributed by atoms with Gasteiger partial charge in [-0.05, 0) is 46.0 Å². The van der Waals surface area contributed by atoms with E-state index in [-0.39, 0.29) is 57.9 Å². The van der Waals surface area contributed by atoms with Crippen LogP contribution in [0.5, 0.6) is 0 Å². The predicted octanol–water partition coefficient (Wildman–Crippen LogP) is 0.820. The van der Waals surface area contributed by atoms with Crippen LogP contribution in [0.25, 0.3) is 0 Å². The van der Waals surface area contributed by atoms with Gasteiger partial charge >= 0.3 is 11.9 Å². The molecule has 20 heteroatoms. The molecule has 0 radical (unpaired) electrons. The minimum Gasteiger partial charge on any atom is -0.481 e. The number of ether oxygens (including phenoxy) is 4. The number of hydrogen-bond donors (Lipinski definition) is 13. The van der Waals surface area contributed by atoms with Gasteiger partial charge < -0.3 is 85.3 Å². The highest BCUT2D eigenvalue weighted by Crippen LogP contribution is 2.38. The van der Waals surface area contributed by atoms with E-state index in [0.717, 1.165) is 0 Å². The maximum atomic E-state index is 12.7. The van der Waals surface area contributed by atoms with Crippen molar-refractivity contribution in [1.82, 2.24) is 4.90 Å². The number of cyclic esters (lactones) is 1. The highest BCUT2D eigenvalue weighted by molar-refractivity contribution is 5.71. The van der Waals surface area contributed by atoms with Crippen molar-refractivity contribution in [3.63, 3.8) is 0 Å². The molecule has 0 aliphatic carbocycles. The Kier molecular flexibility index (Phi) is 28.7. The van der Waals surface area contributed by atoms with Gasteiger partial charge in [0.05, 0.1) is 79.6 Å². The normalized spacial score (nSPS) is 41.9. The predicted molar refractivity (Wildman–Crippen MR) is 268 cm³/mol. The summed E-state index contributed by atoms with van der Waals surface area (Å²) in [4.78, 5) is 27.1. The summed E-state index contributed by atoms with van der Waals surface area (Å²) >= 11 is 0. The number of nitrogens with zero attached hydrogens (tertiary/aromatic N) is 1. The third-order valence-corrected chi connectivity index (χ3v) is 13.6. The first-order valence-corrected chi connectivity index (χ1v) is 25.5. The van der Waals surface area contributed by atoms with Crippen LogP contribution in [-0.4, -0.2) is 207 Å². The Hall–Kier alpha value is -3.52. The van der Waals surface area contributed by atoms with E-state index >= 15 is 0 Å². The first kappa shape index (κ1) is 63.8.